The number of nitrogens with zero attached hydrogens (tertiary/aromatic N) is 2. The van der Waals surface area contributed by atoms with Crippen LogP contribution >= 0.6 is 0 Å². The molecule has 0 radical (unpaired) electrons. The average Bonchev–Trinajstić information content (AvgIpc) is 3.00. The van der Waals surface area contributed by atoms with Gasteiger partial charge in [-0.1, -0.05) is 0 Å². The Morgan fingerprint density at radius 1 is 1.67 bits per heavy atom. The van der Waals surface area contributed by atoms with Gasteiger partial charge in [-0.2, -0.15) is 0 Å². The fourth-order valence-corrected chi connectivity index (χ4v) is 1.63. The number of nitrogens with one attached hydrogen (secondary N) is 1. The van der Waals surface area contributed by atoms with Crippen LogP contribution in [0.15, 0.2) is 35.3 Å². The second-order valence-corrected chi connectivity index (χ2v) is 4.00. The Morgan fingerprint density at radius 3 is 3.17 bits per heavy atom. The molecule has 0 aliphatic heterocycles. The lowest BCUT2D eigenvalue weighted by Gasteiger charge is -2.09. The maximum absolute atomic E-state index is 11.9. The van der Waals surface area contributed by atoms with Gasteiger partial charge in [0.05, 0.1) is 18.6 Å². The first-order chi connectivity index (χ1) is 8.70. The highest BCUT2D eigenvalue weighted by Gasteiger charge is 2.15. The van der Waals surface area contributed by atoms with Crippen LogP contribution in [0.25, 0.3) is 0 Å². The third kappa shape index (κ3) is 2.78. The molecule has 0 saturated carbocycles. The molecule has 2 aromatic rings. The lowest BCUT2D eigenvalue weighted by molar-refractivity contribution is 0.0930. The fourth-order valence-electron chi connectivity index (χ4n) is 1.63. The SMILES string of the molecule is CC(NC(=O)c1cn(CCN)cn1)c1ccco1. The molecule has 2 heterocycles. The Morgan fingerprint density at radius 2 is 2.50 bits per heavy atom. The van der Waals surface area contributed by atoms with Crippen molar-refractivity contribution >= 4 is 5.91 Å². The van der Waals surface area contributed by atoms with E-state index in [4.69, 9.17) is 10.2 Å². The van der Waals surface area contributed by atoms with Gasteiger partial charge in [0, 0.05) is 19.3 Å². The first-order valence-corrected chi connectivity index (χ1v) is 5.77. The van der Waals surface area contributed by atoms with Gasteiger partial charge in [0.1, 0.15) is 11.5 Å². The van der Waals surface area contributed by atoms with Gasteiger partial charge in [-0.15, -0.1) is 0 Å². The molecule has 0 spiro atoms. The molecule has 0 aromatic carbocycles. The van der Waals surface area contributed by atoms with E-state index in [-0.39, 0.29) is 11.9 Å². The topological polar surface area (TPSA) is 86.1 Å². The number of imidazole rings is 1. The van der Waals surface area contributed by atoms with E-state index < -0.39 is 0 Å². The summed E-state index contributed by atoms with van der Waals surface area (Å²) < 4.78 is 7.00. The van der Waals surface area contributed by atoms with Gasteiger partial charge in [0.15, 0.2) is 0 Å². The molecule has 1 unspecified atom stereocenters. The molecule has 2 aromatic heterocycles. The van der Waals surface area contributed by atoms with Crippen LogP contribution in [0.4, 0.5) is 0 Å². The van der Waals surface area contributed by atoms with E-state index in [0.29, 0.717) is 24.5 Å². The van der Waals surface area contributed by atoms with Crippen LogP contribution in [-0.2, 0) is 6.54 Å². The molecular formula is C12H16N4O2. The van der Waals surface area contributed by atoms with Crippen LogP contribution in [0.1, 0.15) is 29.2 Å². The largest absolute Gasteiger partial charge is 0.467 e. The third-order valence-corrected chi connectivity index (χ3v) is 2.57. The first kappa shape index (κ1) is 12.4. The minimum atomic E-state index is -0.227. The fraction of sp³-hybridized carbons (Fsp3) is 0.333. The van der Waals surface area contributed by atoms with Crippen molar-refractivity contribution in [1.82, 2.24) is 14.9 Å². The van der Waals surface area contributed by atoms with Crippen LogP contribution in [0.3, 0.4) is 0 Å². The molecule has 96 valence electrons. The van der Waals surface area contributed by atoms with Gasteiger partial charge in [0.2, 0.25) is 0 Å². The maximum Gasteiger partial charge on any atom is 0.272 e. The van der Waals surface area contributed by atoms with E-state index in [2.05, 4.69) is 10.3 Å². The van der Waals surface area contributed by atoms with Crippen molar-refractivity contribution in [2.24, 2.45) is 5.73 Å². The number of hydrogen-bond acceptors (Lipinski definition) is 4. The lowest BCUT2D eigenvalue weighted by Crippen LogP contribution is -2.26. The highest BCUT2D eigenvalue weighted by molar-refractivity contribution is 5.92. The molecule has 0 bridgehead atoms. The van der Waals surface area contributed by atoms with Gasteiger partial charge in [-0.3, -0.25) is 4.79 Å². The quantitative estimate of drug-likeness (QED) is 0.824. The average molecular weight is 248 g/mol. The zero-order valence-corrected chi connectivity index (χ0v) is 10.2. The van der Waals surface area contributed by atoms with E-state index in [1.54, 1.807) is 29.4 Å². The monoisotopic (exact) mass is 248 g/mol. The lowest BCUT2D eigenvalue weighted by atomic mass is 10.2. The van der Waals surface area contributed by atoms with Crippen LogP contribution in [0, 0.1) is 0 Å². The summed E-state index contributed by atoms with van der Waals surface area (Å²) in [7, 11) is 0. The Kier molecular flexibility index (Phi) is 3.78. The molecule has 0 fully saturated rings. The summed E-state index contributed by atoms with van der Waals surface area (Å²) in [5.74, 6) is 0.486. The number of aromatic nitrogens is 2. The summed E-state index contributed by atoms with van der Waals surface area (Å²) in [5.41, 5.74) is 5.81. The van der Waals surface area contributed by atoms with E-state index in [1.165, 1.54) is 0 Å². The molecule has 6 heteroatoms. The van der Waals surface area contributed by atoms with Crippen LogP contribution in [0.2, 0.25) is 0 Å². The van der Waals surface area contributed by atoms with Crippen molar-refractivity contribution in [3.63, 3.8) is 0 Å². The summed E-state index contributed by atoms with van der Waals surface area (Å²) in [5, 5.41) is 2.81. The normalized spacial score (nSPS) is 12.3. The van der Waals surface area contributed by atoms with Gasteiger partial charge in [-0.05, 0) is 19.1 Å². The third-order valence-electron chi connectivity index (χ3n) is 2.57. The van der Waals surface area contributed by atoms with Crippen molar-refractivity contribution in [3.05, 3.63) is 42.4 Å². The van der Waals surface area contributed by atoms with Crippen molar-refractivity contribution < 1.29 is 9.21 Å². The second-order valence-electron chi connectivity index (χ2n) is 4.00. The molecule has 1 amide bonds. The number of hydrogen-bond donors (Lipinski definition) is 2. The van der Waals surface area contributed by atoms with Crippen LogP contribution < -0.4 is 11.1 Å². The number of rotatable bonds is 5. The van der Waals surface area contributed by atoms with Crippen LogP contribution in [0.5, 0.6) is 0 Å². The summed E-state index contributed by atoms with van der Waals surface area (Å²) in [6.07, 6.45) is 4.85. The molecule has 2 rings (SSSR count). The molecule has 18 heavy (non-hydrogen) atoms. The van der Waals surface area contributed by atoms with E-state index >= 15 is 0 Å². The Bertz CT molecular complexity index is 504. The Balaban J connectivity index is 1.98. The van der Waals surface area contributed by atoms with Crippen molar-refractivity contribution in [2.75, 3.05) is 6.54 Å². The van der Waals surface area contributed by atoms with Crippen LogP contribution in [-0.4, -0.2) is 22.0 Å². The Hall–Kier alpha value is -2.08. The second kappa shape index (κ2) is 5.50. The standard InChI is InChI=1S/C12H16N4O2/c1-9(11-3-2-6-18-11)15-12(17)10-7-16(5-4-13)8-14-10/h2-3,6-9H,4-5,13H2,1H3,(H,15,17). The maximum atomic E-state index is 11.9. The summed E-state index contributed by atoms with van der Waals surface area (Å²) in [6.45, 7) is 3.02. The Labute approximate surface area is 105 Å². The predicted molar refractivity (Wildman–Crippen MR) is 65.9 cm³/mol. The minimum absolute atomic E-state index is 0.188. The molecular weight excluding hydrogens is 232 g/mol. The highest BCUT2D eigenvalue weighted by atomic mass is 16.3. The van der Waals surface area contributed by atoms with Gasteiger partial charge < -0.3 is 20.0 Å². The molecule has 6 nitrogen and oxygen atoms in total. The molecule has 0 aliphatic carbocycles. The first-order valence-electron chi connectivity index (χ1n) is 5.77. The number of carbonyl (C=O) groups is 1. The zero-order chi connectivity index (χ0) is 13.0. The highest BCUT2D eigenvalue weighted by Crippen LogP contribution is 2.12. The molecule has 3 N–H and O–H groups in total. The van der Waals surface area contributed by atoms with E-state index in [1.807, 2.05) is 13.0 Å². The number of amides is 1. The number of furan rings is 1. The van der Waals surface area contributed by atoms with E-state index in [0.717, 1.165) is 0 Å². The number of carbonyl (C=O) groups excluding carboxylic acids is 1. The number of nitrogens with two attached hydrogens (primary N) is 1. The van der Waals surface area contributed by atoms with Gasteiger partial charge in [0.25, 0.3) is 5.91 Å². The van der Waals surface area contributed by atoms with Crippen molar-refractivity contribution in [1.29, 1.82) is 0 Å². The smallest absolute Gasteiger partial charge is 0.272 e. The molecule has 0 aliphatic rings. The molecule has 0 saturated heterocycles. The van der Waals surface area contributed by atoms with Gasteiger partial charge >= 0.3 is 0 Å². The summed E-state index contributed by atoms with van der Waals surface area (Å²) in [4.78, 5) is 15.9. The minimum Gasteiger partial charge on any atom is -0.467 e. The predicted octanol–water partition coefficient (Wildman–Crippen LogP) is 0.926. The zero-order valence-electron chi connectivity index (χ0n) is 10.2. The summed E-state index contributed by atoms with van der Waals surface area (Å²) >= 11 is 0. The van der Waals surface area contributed by atoms with Gasteiger partial charge in [-0.25, -0.2) is 4.98 Å². The van der Waals surface area contributed by atoms with E-state index in [9.17, 15) is 4.79 Å². The van der Waals surface area contributed by atoms with Crippen molar-refractivity contribution in [3.8, 4) is 0 Å². The molecule has 1 atom stereocenters. The van der Waals surface area contributed by atoms with Crippen molar-refractivity contribution in [2.45, 2.75) is 19.5 Å². The summed E-state index contributed by atoms with van der Waals surface area (Å²) in [6, 6.07) is 3.42.